The number of hydrogen-bond donors (Lipinski definition) is 2. The van der Waals surface area contributed by atoms with Crippen LogP contribution in [-0.2, 0) is 16.1 Å². The summed E-state index contributed by atoms with van der Waals surface area (Å²) in [4.78, 5) is 24.4. The zero-order valence-electron chi connectivity index (χ0n) is 11.3. The summed E-state index contributed by atoms with van der Waals surface area (Å²) >= 11 is 0. The number of ether oxygens (including phenoxy) is 1. The number of carboxylic acid groups (broad SMARTS) is 1. The maximum atomic E-state index is 11.3. The first-order valence-electron chi connectivity index (χ1n) is 6.36. The van der Waals surface area contributed by atoms with Crippen molar-refractivity contribution in [1.29, 1.82) is 0 Å². The molecule has 1 heterocycles. The molecule has 1 atom stereocenters. The van der Waals surface area contributed by atoms with E-state index < -0.39 is 11.5 Å². The molecule has 1 aliphatic rings. The Morgan fingerprint density at radius 3 is 2.55 bits per heavy atom. The molecule has 0 aromatic heterocycles. The summed E-state index contributed by atoms with van der Waals surface area (Å²) in [5.74, 6) is -1.33. The van der Waals surface area contributed by atoms with E-state index in [9.17, 15) is 9.59 Å². The molecule has 1 unspecified atom stereocenters. The van der Waals surface area contributed by atoms with Gasteiger partial charge in [0.15, 0.2) is 0 Å². The third-order valence-electron chi connectivity index (χ3n) is 3.59. The van der Waals surface area contributed by atoms with Crippen molar-refractivity contribution >= 4 is 11.9 Å². The Bertz CT molecular complexity index is 514. The van der Waals surface area contributed by atoms with Crippen molar-refractivity contribution < 1.29 is 19.4 Å². The van der Waals surface area contributed by atoms with Crippen LogP contribution < -0.4 is 5.73 Å². The zero-order valence-corrected chi connectivity index (χ0v) is 11.3. The first kappa shape index (κ1) is 14.5. The number of esters is 1. The zero-order chi connectivity index (χ0) is 14.8. The minimum Gasteiger partial charge on any atom is -0.480 e. The van der Waals surface area contributed by atoms with Gasteiger partial charge in [-0.25, -0.2) is 4.79 Å². The summed E-state index contributed by atoms with van der Waals surface area (Å²) < 4.78 is 4.63. The van der Waals surface area contributed by atoms with Gasteiger partial charge >= 0.3 is 11.9 Å². The second kappa shape index (κ2) is 5.60. The van der Waals surface area contributed by atoms with E-state index in [0.29, 0.717) is 31.6 Å². The Morgan fingerprint density at radius 2 is 2.05 bits per heavy atom. The molecule has 6 nitrogen and oxygen atoms in total. The fraction of sp³-hybridized carbons (Fsp3) is 0.429. The number of carbonyl (C=O) groups is 2. The lowest BCUT2D eigenvalue weighted by molar-refractivity contribution is -0.142. The van der Waals surface area contributed by atoms with Gasteiger partial charge in [-0.1, -0.05) is 12.1 Å². The average molecular weight is 278 g/mol. The minimum absolute atomic E-state index is 0.334. The largest absolute Gasteiger partial charge is 0.480 e. The third-order valence-corrected chi connectivity index (χ3v) is 3.59. The molecule has 6 heteroatoms. The molecule has 1 aromatic rings. The lowest BCUT2D eigenvalue weighted by Gasteiger charge is -2.20. The van der Waals surface area contributed by atoms with Gasteiger partial charge in [-0.2, -0.15) is 0 Å². The number of rotatable bonds is 4. The number of nitrogens with zero attached hydrogens (tertiary/aromatic N) is 1. The fourth-order valence-corrected chi connectivity index (χ4v) is 2.35. The highest BCUT2D eigenvalue weighted by Crippen LogP contribution is 2.21. The number of hydrogen-bond acceptors (Lipinski definition) is 5. The van der Waals surface area contributed by atoms with Crippen LogP contribution in [0.2, 0.25) is 0 Å². The maximum absolute atomic E-state index is 11.3. The Balaban J connectivity index is 1.98. The first-order chi connectivity index (χ1) is 9.44. The molecule has 1 fully saturated rings. The molecule has 0 amide bonds. The van der Waals surface area contributed by atoms with Crippen molar-refractivity contribution in [3.8, 4) is 0 Å². The van der Waals surface area contributed by atoms with E-state index in [1.807, 2.05) is 17.0 Å². The number of aliphatic carboxylic acids is 1. The second-order valence-electron chi connectivity index (χ2n) is 5.11. The summed E-state index contributed by atoms with van der Waals surface area (Å²) in [5.41, 5.74) is 6.18. The lowest BCUT2D eigenvalue weighted by atomic mass is 10.0. The van der Waals surface area contributed by atoms with E-state index in [2.05, 4.69) is 4.74 Å². The average Bonchev–Trinajstić information content (AvgIpc) is 2.82. The molecule has 0 aliphatic carbocycles. The van der Waals surface area contributed by atoms with Gasteiger partial charge in [-0.05, 0) is 24.1 Å². The van der Waals surface area contributed by atoms with Crippen molar-refractivity contribution in [3.05, 3.63) is 35.4 Å². The highest BCUT2D eigenvalue weighted by molar-refractivity contribution is 5.89. The van der Waals surface area contributed by atoms with Crippen LogP contribution in [0.4, 0.5) is 0 Å². The molecule has 20 heavy (non-hydrogen) atoms. The van der Waals surface area contributed by atoms with Gasteiger partial charge in [0.1, 0.15) is 5.54 Å². The second-order valence-corrected chi connectivity index (χ2v) is 5.11. The van der Waals surface area contributed by atoms with Crippen LogP contribution in [0.25, 0.3) is 0 Å². The van der Waals surface area contributed by atoms with Crippen LogP contribution in [0.3, 0.4) is 0 Å². The number of carbonyl (C=O) groups excluding carboxylic acids is 1. The molecule has 0 saturated carbocycles. The van der Waals surface area contributed by atoms with Gasteiger partial charge in [-0.15, -0.1) is 0 Å². The summed E-state index contributed by atoms with van der Waals surface area (Å²) in [6.07, 6.45) is 0.447. The molecule has 0 spiro atoms. The Hall–Kier alpha value is -1.92. The summed E-state index contributed by atoms with van der Waals surface area (Å²) in [7, 11) is 1.34. The van der Waals surface area contributed by atoms with Gasteiger partial charge in [0.2, 0.25) is 0 Å². The number of benzene rings is 1. The van der Waals surface area contributed by atoms with Crippen LogP contribution >= 0.6 is 0 Å². The van der Waals surface area contributed by atoms with Gasteiger partial charge in [0.25, 0.3) is 0 Å². The first-order valence-corrected chi connectivity index (χ1v) is 6.36. The van der Waals surface area contributed by atoms with E-state index in [4.69, 9.17) is 10.8 Å². The summed E-state index contributed by atoms with van der Waals surface area (Å²) in [5, 5.41) is 9.08. The van der Waals surface area contributed by atoms with Crippen molar-refractivity contribution in [1.82, 2.24) is 4.90 Å². The molecule has 1 aliphatic heterocycles. The molecule has 0 bridgehead atoms. The number of likely N-dealkylation sites (tertiary alicyclic amines) is 1. The Kier molecular flexibility index (Phi) is 4.06. The lowest BCUT2D eigenvalue weighted by Crippen LogP contribution is -2.50. The minimum atomic E-state index is -1.15. The van der Waals surface area contributed by atoms with Crippen molar-refractivity contribution in [2.24, 2.45) is 5.73 Å². The molecule has 108 valence electrons. The van der Waals surface area contributed by atoms with Gasteiger partial charge in [0, 0.05) is 19.6 Å². The van der Waals surface area contributed by atoms with Crippen molar-refractivity contribution in [3.63, 3.8) is 0 Å². The Labute approximate surface area is 117 Å². The maximum Gasteiger partial charge on any atom is 0.337 e. The van der Waals surface area contributed by atoms with E-state index >= 15 is 0 Å². The predicted molar refractivity (Wildman–Crippen MR) is 72.2 cm³/mol. The molecule has 0 radical (unpaired) electrons. The SMILES string of the molecule is COC(=O)c1ccc(CN2CCC(N)(C(=O)O)C2)cc1. The number of methoxy groups -OCH3 is 1. The molecular weight excluding hydrogens is 260 g/mol. The number of carboxylic acids is 1. The van der Waals surface area contributed by atoms with Crippen LogP contribution in [0.15, 0.2) is 24.3 Å². The third kappa shape index (κ3) is 2.97. The predicted octanol–water partition coefficient (Wildman–Crippen LogP) is 0.461. The highest BCUT2D eigenvalue weighted by Gasteiger charge is 2.40. The van der Waals surface area contributed by atoms with Gasteiger partial charge in [-0.3, -0.25) is 9.69 Å². The molecule has 3 N–H and O–H groups in total. The summed E-state index contributed by atoms with van der Waals surface area (Å²) in [6, 6.07) is 7.07. The standard InChI is InChI=1S/C14H18N2O4/c1-20-12(17)11-4-2-10(3-5-11)8-16-7-6-14(15,9-16)13(18)19/h2-5H,6-9,15H2,1H3,(H,18,19). The van der Waals surface area contributed by atoms with E-state index in [-0.39, 0.29) is 5.97 Å². The smallest absolute Gasteiger partial charge is 0.337 e. The van der Waals surface area contributed by atoms with Crippen LogP contribution in [0.5, 0.6) is 0 Å². The van der Waals surface area contributed by atoms with Crippen molar-refractivity contribution in [2.75, 3.05) is 20.2 Å². The molecule has 2 rings (SSSR count). The van der Waals surface area contributed by atoms with E-state index in [0.717, 1.165) is 5.56 Å². The normalized spacial score (nSPS) is 22.7. The van der Waals surface area contributed by atoms with Crippen molar-refractivity contribution in [2.45, 2.75) is 18.5 Å². The highest BCUT2D eigenvalue weighted by atomic mass is 16.5. The van der Waals surface area contributed by atoms with E-state index in [1.165, 1.54) is 7.11 Å². The van der Waals surface area contributed by atoms with Crippen LogP contribution in [-0.4, -0.2) is 47.7 Å². The summed E-state index contributed by atoms with van der Waals surface area (Å²) in [6.45, 7) is 1.61. The van der Waals surface area contributed by atoms with Crippen LogP contribution in [0, 0.1) is 0 Å². The monoisotopic (exact) mass is 278 g/mol. The molecule has 1 saturated heterocycles. The van der Waals surface area contributed by atoms with E-state index in [1.54, 1.807) is 12.1 Å². The Morgan fingerprint density at radius 1 is 1.40 bits per heavy atom. The van der Waals surface area contributed by atoms with Gasteiger partial charge in [0.05, 0.1) is 12.7 Å². The topological polar surface area (TPSA) is 92.9 Å². The van der Waals surface area contributed by atoms with Gasteiger partial charge < -0.3 is 15.6 Å². The fourth-order valence-electron chi connectivity index (χ4n) is 2.35. The molecular formula is C14H18N2O4. The quantitative estimate of drug-likeness (QED) is 0.777. The molecule has 1 aromatic carbocycles. The van der Waals surface area contributed by atoms with Crippen LogP contribution in [0.1, 0.15) is 22.3 Å². The number of nitrogens with two attached hydrogens (primary N) is 1.